The minimum atomic E-state index is -1.17. The third-order valence-corrected chi connectivity index (χ3v) is 6.46. The number of aliphatic carboxylic acids is 1. The summed E-state index contributed by atoms with van der Waals surface area (Å²) in [7, 11) is 0. The van der Waals surface area contributed by atoms with Crippen LogP contribution < -0.4 is 10.4 Å². The predicted molar refractivity (Wildman–Crippen MR) is 110 cm³/mol. The van der Waals surface area contributed by atoms with E-state index in [-0.39, 0.29) is 5.91 Å². The Bertz CT molecular complexity index is 974. The Morgan fingerprint density at radius 3 is 2.32 bits per heavy atom. The molecule has 1 N–H and O–H groups in total. The second kappa shape index (κ2) is 7.87. The van der Waals surface area contributed by atoms with Crippen molar-refractivity contribution in [3.8, 4) is 11.3 Å². The van der Waals surface area contributed by atoms with Crippen LogP contribution in [0.1, 0.15) is 42.7 Å². The first-order valence-corrected chi connectivity index (χ1v) is 10.2. The number of benzene rings is 1. The average Bonchev–Trinajstić information content (AvgIpc) is 2.96. The maximum atomic E-state index is 12.8. The molecule has 0 bridgehead atoms. The highest BCUT2D eigenvalue weighted by atomic mass is 32.1. The van der Waals surface area contributed by atoms with Gasteiger partial charge in [0.25, 0.3) is 0 Å². The molecule has 1 heterocycles. The number of carbonyl (C=O) groups is 2. The summed E-state index contributed by atoms with van der Waals surface area (Å²) in [5.41, 5.74) is 6.31. The summed E-state index contributed by atoms with van der Waals surface area (Å²) in [6.45, 7) is 9.94. The van der Waals surface area contributed by atoms with E-state index in [2.05, 4.69) is 16.4 Å². The van der Waals surface area contributed by atoms with Gasteiger partial charge in [-0.2, -0.15) is 0 Å². The van der Waals surface area contributed by atoms with Crippen molar-refractivity contribution >= 4 is 28.3 Å². The van der Waals surface area contributed by atoms with Gasteiger partial charge in [-0.25, -0.2) is 4.98 Å². The molecule has 148 valence electrons. The topological polar surface area (TPSA) is 82.1 Å². The number of nitrogens with one attached hydrogen (secondary N) is 1. The minimum absolute atomic E-state index is 0.304. The lowest BCUT2D eigenvalue weighted by Crippen LogP contribution is -2.42. The van der Waals surface area contributed by atoms with Crippen LogP contribution in [0.3, 0.4) is 0 Å². The number of nitrogens with zero attached hydrogens (tertiary/aromatic N) is 1. The van der Waals surface area contributed by atoms with Gasteiger partial charge in [-0.15, -0.1) is 11.3 Å². The van der Waals surface area contributed by atoms with Gasteiger partial charge in [0.15, 0.2) is 5.13 Å². The Morgan fingerprint density at radius 1 is 1.07 bits per heavy atom. The average molecular weight is 398 g/mol. The van der Waals surface area contributed by atoms with Crippen LogP contribution in [0, 0.1) is 32.6 Å². The molecule has 1 amide bonds. The highest BCUT2D eigenvalue weighted by Crippen LogP contribution is 2.36. The van der Waals surface area contributed by atoms with Crippen LogP contribution >= 0.6 is 11.3 Å². The number of allylic oxidation sites excluding steroid dienone is 2. The van der Waals surface area contributed by atoms with Gasteiger partial charge in [-0.05, 0) is 53.0 Å². The van der Waals surface area contributed by atoms with Crippen molar-refractivity contribution in [2.24, 2.45) is 11.8 Å². The molecule has 0 spiro atoms. The summed E-state index contributed by atoms with van der Waals surface area (Å²) in [6, 6.07) is 6.20. The largest absolute Gasteiger partial charge is 0.550 e. The van der Waals surface area contributed by atoms with Crippen LogP contribution in [-0.4, -0.2) is 16.9 Å². The molecule has 0 aliphatic heterocycles. The predicted octanol–water partition coefficient (Wildman–Crippen LogP) is 3.79. The third kappa shape index (κ3) is 4.02. The molecule has 6 heteroatoms. The van der Waals surface area contributed by atoms with Crippen molar-refractivity contribution in [1.29, 1.82) is 0 Å². The van der Waals surface area contributed by atoms with E-state index in [0.29, 0.717) is 18.0 Å². The fraction of sp³-hybridized carbons (Fsp3) is 0.409. The number of anilines is 1. The standard InChI is InChI=1S/C22H26N2O3S/c1-11-6-7-16(14(4)8-11)19-15(5)28-22(23-19)24-20(25)17-9-12(2)13(3)10-18(17)21(26)27/h6-8,17-18H,9-10H2,1-5H3,(H,26,27)(H,23,24,25)/p-1/t17-,18+/m0/s1. The number of aryl methyl sites for hydroxylation is 3. The Labute approximate surface area is 169 Å². The SMILES string of the molecule is CC1=C(C)C[C@@H](C(=O)[O-])[C@@H](C(=O)Nc2nc(-c3ccc(C)cc3C)c(C)s2)C1. The van der Waals surface area contributed by atoms with Crippen molar-refractivity contribution in [1.82, 2.24) is 4.98 Å². The summed E-state index contributed by atoms with van der Waals surface area (Å²) < 4.78 is 0. The van der Waals surface area contributed by atoms with Crippen LogP contribution in [-0.2, 0) is 9.59 Å². The first kappa shape index (κ1) is 20.3. The van der Waals surface area contributed by atoms with Gasteiger partial charge in [0, 0.05) is 22.3 Å². The molecule has 0 unspecified atom stereocenters. The van der Waals surface area contributed by atoms with E-state index in [1.165, 1.54) is 16.9 Å². The van der Waals surface area contributed by atoms with E-state index < -0.39 is 17.8 Å². The summed E-state index contributed by atoms with van der Waals surface area (Å²) in [4.78, 5) is 30.0. The van der Waals surface area contributed by atoms with Crippen LogP contribution in [0.2, 0.25) is 0 Å². The fourth-order valence-corrected chi connectivity index (χ4v) is 4.62. The maximum absolute atomic E-state index is 12.8. The minimum Gasteiger partial charge on any atom is -0.550 e. The molecule has 3 rings (SSSR count). The zero-order chi connectivity index (χ0) is 20.6. The Kier molecular flexibility index (Phi) is 5.70. The number of aromatic nitrogens is 1. The number of thiazole rings is 1. The summed E-state index contributed by atoms with van der Waals surface area (Å²) in [6.07, 6.45) is 0.793. The van der Waals surface area contributed by atoms with E-state index in [0.717, 1.165) is 32.8 Å². The molecule has 0 saturated carbocycles. The molecular formula is C22H25N2O3S-. The van der Waals surface area contributed by atoms with E-state index in [1.807, 2.05) is 46.8 Å². The van der Waals surface area contributed by atoms with E-state index in [4.69, 9.17) is 0 Å². The van der Waals surface area contributed by atoms with Gasteiger partial charge in [-0.3, -0.25) is 4.79 Å². The van der Waals surface area contributed by atoms with Gasteiger partial charge in [-0.1, -0.05) is 34.9 Å². The third-order valence-electron chi connectivity index (χ3n) is 5.57. The highest BCUT2D eigenvalue weighted by Gasteiger charge is 2.34. The smallest absolute Gasteiger partial charge is 0.230 e. The lowest BCUT2D eigenvalue weighted by atomic mass is 9.76. The highest BCUT2D eigenvalue weighted by molar-refractivity contribution is 7.16. The van der Waals surface area contributed by atoms with Crippen molar-refractivity contribution in [3.63, 3.8) is 0 Å². The Morgan fingerprint density at radius 2 is 1.71 bits per heavy atom. The number of amides is 1. The Hall–Kier alpha value is -2.47. The lowest BCUT2D eigenvalue weighted by Gasteiger charge is -2.32. The van der Waals surface area contributed by atoms with Crippen molar-refractivity contribution in [2.45, 2.75) is 47.5 Å². The first-order valence-electron chi connectivity index (χ1n) is 9.39. The van der Waals surface area contributed by atoms with Crippen molar-refractivity contribution in [3.05, 3.63) is 45.3 Å². The number of hydrogen-bond acceptors (Lipinski definition) is 5. The quantitative estimate of drug-likeness (QED) is 0.796. The molecule has 1 aliphatic rings. The molecular weight excluding hydrogens is 372 g/mol. The van der Waals surface area contributed by atoms with Gasteiger partial charge in [0.05, 0.1) is 11.6 Å². The lowest BCUT2D eigenvalue weighted by molar-refractivity contribution is -0.313. The maximum Gasteiger partial charge on any atom is 0.230 e. The molecule has 0 saturated heterocycles. The van der Waals surface area contributed by atoms with Crippen LogP contribution in [0.15, 0.2) is 29.3 Å². The zero-order valence-electron chi connectivity index (χ0n) is 16.9. The molecule has 1 aliphatic carbocycles. The van der Waals surface area contributed by atoms with Gasteiger partial charge in [0.1, 0.15) is 0 Å². The van der Waals surface area contributed by atoms with Crippen LogP contribution in [0.5, 0.6) is 0 Å². The monoisotopic (exact) mass is 397 g/mol. The van der Waals surface area contributed by atoms with Crippen LogP contribution in [0.4, 0.5) is 5.13 Å². The molecule has 5 nitrogen and oxygen atoms in total. The normalized spacial score (nSPS) is 19.6. The first-order chi connectivity index (χ1) is 13.2. The number of hydrogen-bond donors (Lipinski definition) is 1. The van der Waals surface area contributed by atoms with Gasteiger partial charge in [0.2, 0.25) is 5.91 Å². The molecule has 28 heavy (non-hydrogen) atoms. The molecule has 0 fully saturated rings. The second-order valence-corrected chi connectivity index (χ2v) is 8.94. The molecule has 0 radical (unpaired) electrons. The second-order valence-electron chi connectivity index (χ2n) is 7.73. The Balaban J connectivity index is 1.84. The molecule has 2 aromatic rings. The number of carboxylic acids is 1. The molecule has 2 atom stereocenters. The fourth-order valence-electron chi connectivity index (χ4n) is 3.79. The summed E-state index contributed by atoms with van der Waals surface area (Å²) >= 11 is 1.41. The summed E-state index contributed by atoms with van der Waals surface area (Å²) in [5.74, 6) is -2.91. The number of carbonyl (C=O) groups excluding carboxylic acids is 2. The van der Waals surface area contributed by atoms with Gasteiger partial charge >= 0.3 is 0 Å². The van der Waals surface area contributed by atoms with Crippen molar-refractivity contribution < 1.29 is 14.7 Å². The van der Waals surface area contributed by atoms with Gasteiger partial charge < -0.3 is 15.2 Å². The zero-order valence-corrected chi connectivity index (χ0v) is 17.7. The number of rotatable bonds is 4. The van der Waals surface area contributed by atoms with E-state index in [9.17, 15) is 14.7 Å². The molecule has 1 aromatic heterocycles. The molecule has 1 aromatic carbocycles. The number of carboxylic acid groups (broad SMARTS) is 1. The van der Waals surface area contributed by atoms with Crippen molar-refractivity contribution in [2.75, 3.05) is 5.32 Å². The summed E-state index contributed by atoms with van der Waals surface area (Å²) in [5, 5.41) is 14.9. The van der Waals surface area contributed by atoms with E-state index >= 15 is 0 Å². The van der Waals surface area contributed by atoms with E-state index in [1.54, 1.807) is 0 Å². The van der Waals surface area contributed by atoms with Crippen LogP contribution in [0.25, 0.3) is 11.3 Å².